The van der Waals surface area contributed by atoms with E-state index in [0.717, 1.165) is 10.4 Å². The van der Waals surface area contributed by atoms with Crippen molar-refractivity contribution in [3.63, 3.8) is 0 Å². The topological polar surface area (TPSA) is 0 Å². The van der Waals surface area contributed by atoms with Gasteiger partial charge in [0.2, 0.25) is 0 Å². The highest BCUT2D eigenvalue weighted by molar-refractivity contribution is 6.37. The standard InChI is InChI=1S/C30H21Cl/c31-30-24-19-11-10-18-23(24)25(20-12-4-1-5-13-20)28-26(21-14-6-2-7-15-21)27(29(28)30)22-16-8-3-9-17-22/h1-19,26-27H/t26-,27-/m1/s1. The minimum atomic E-state index is 0.248. The zero-order valence-corrected chi connectivity index (χ0v) is 17.8. The molecule has 0 spiro atoms. The predicted molar refractivity (Wildman–Crippen MR) is 131 cm³/mol. The Labute approximate surface area is 187 Å². The van der Waals surface area contributed by atoms with Gasteiger partial charge in [-0.05, 0) is 38.8 Å². The summed E-state index contributed by atoms with van der Waals surface area (Å²) in [6.07, 6.45) is 0. The molecular formula is C30H21Cl. The van der Waals surface area contributed by atoms with E-state index in [4.69, 9.17) is 11.6 Å². The van der Waals surface area contributed by atoms with Crippen molar-refractivity contribution >= 4 is 22.4 Å². The SMILES string of the molecule is Clc1c2c(c(-c3ccccc3)c3ccccc13)[C@H](c1ccccc1)[C@H]2c1ccccc1. The van der Waals surface area contributed by atoms with Crippen molar-refractivity contribution in [3.05, 3.63) is 143 Å². The summed E-state index contributed by atoms with van der Waals surface area (Å²) >= 11 is 7.14. The Morgan fingerprint density at radius 2 is 0.903 bits per heavy atom. The van der Waals surface area contributed by atoms with Crippen molar-refractivity contribution in [2.24, 2.45) is 0 Å². The van der Waals surface area contributed by atoms with Gasteiger partial charge in [0, 0.05) is 17.2 Å². The van der Waals surface area contributed by atoms with E-state index in [-0.39, 0.29) is 11.8 Å². The fourth-order valence-corrected chi connectivity index (χ4v) is 5.64. The van der Waals surface area contributed by atoms with Crippen molar-refractivity contribution in [2.75, 3.05) is 0 Å². The predicted octanol–water partition coefficient (Wildman–Crippen LogP) is 8.44. The molecule has 0 nitrogen and oxygen atoms in total. The molecule has 5 aromatic rings. The Balaban J connectivity index is 1.73. The van der Waals surface area contributed by atoms with E-state index in [1.54, 1.807) is 0 Å². The van der Waals surface area contributed by atoms with E-state index >= 15 is 0 Å². The second-order valence-electron chi connectivity index (χ2n) is 8.20. The molecule has 1 aliphatic rings. The molecule has 1 aliphatic carbocycles. The van der Waals surface area contributed by atoms with Gasteiger partial charge in [-0.15, -0.1) is 0 Å². The number of halogens is 1. The van der Waals surface area contributed by atoms with Crippen LogP contribution in [0.15, 0.2) is 115 Å². The minimum absolute atomic E-state index is 0.248. The lowest BCUT2D eigenvalue weighted by molar-refractivity contribution is 0.611. The molecule has 1 heteroatoms. The fourth-order valence-electron chi connectivity index (χ4n) is 5.25. The van der Waals surface area contributed by atoms with Crippen LogP contribution in [0, 0.1) is 0 Å². The van der Waals surface area contributed by atoms with Crippen LogP contribution in [-0.4, -0.2) is 0 Å². The highest BCUT2D eigenvalue weighted by atomic mass is 35.5. The largest absolute Gasteiger partial charge is 0.0833 e. The first-order valence-electron chi connectivity index (χ1n) is 10.7. The van der Waals surface area contributed by atoms with E-state index in [2.05, 4.69) is 115 Å². The molecular weight excluding hydrogens is 396 g/mol. The molecule has 0 heterocycles. The Hall–Kier alpha value is -3.35. The van der Waals surface area contributed by atoms with E-state index in [0.29, 0.717) is 0 Å². The van der Waals surface area contributed by atoms with Crippen LogP contribution in [0.2, 0.25) is 5.02 Å². The Morgan fingerprint density at radius 3 is 1.48 bits per heavy atom. The molecule has 0 aromatic heterocycles. The summed E-state index contributed by atoms with van der Waals surface area (Å²) in [5, 5.41) is 3.26. The van der Waals surface area contributed by atoms with Crippen LogP contribution in [0.4, 0.5) is 0 Å². The summed E-state index contributed by atoms with van der Waals surface area (Å²) in [5.41, 5.74) is 7.87. The molecule has 0 bridgehead atoms. The highest BCUT2D eigenvalue weighted by Crippen LogP contribution is 2.61. The number of fused-ring (bicyclic) bond motifs is 2. The first kappa shape index (κ1) is 18.4. The quantitative estimate of drug-likeness (QED) is 0.277. The van der Waals surface area contributed by atoms with Gasteiger partial charge in [-0.1, -0.05) is 127 Å². The monoisotopic (exact) mass is 416 g/mol. The molecule has 6 rings (SSSR count). The van der Waals surface area contributed by atoms with Crippen molar-refractivity contribution in [1.82, 2.24) is 0 Å². The van der Waals surface area contributed by atoms with Gasteiger partial charge in [-0.2, -0.15) is 0 Å². The average Bonchev–Trinajstić information content (AvgIpc) is 2.83. The summed E-state index contributed by atoms with van der Waals surface area (Å²) in [7, 11) is 0. The lowest BCUT2D eigenvalue weighted by Gasteiger charge is -2.44. The Bertz CT molecular complexity index is 1370. The van der Waals surface area contributed by atoms with Gasteiger partial charge in [0.15, 0.2) is 0 Å². The van der Waals surface area contributed by atoms with Crippen molar-refractivity contribution in [3.8, 4) is 11.1 Å². The summed E-state index contributed by atoms with van der Waals surface area (Å²) in [6, 6.07) is 41.0. The molecule has 31 heavy (non-hydrogen) atoms. The third-order valence-electron chi connectivity index (χ3n) is 6.56. The van der Waals surface area contributed by atoms with Crippen molar-refractivity contribution in [2.45, 2.75) is 11.8 Å². The normalized spacial score (nSPS) is 17.2. The molecule has 0 fully saturated rings. The van der Waals surface area contributed by atoms with Gasteiger partial charge in [-0.25, -0.2) is 0 Å². The summed E-state index contributed by atoms with van der Waals surface area (Å²) in [4.78, 5) is 0. The average molecular weight is 417 g/mol. The lowest BCUT2D eigenvalue weighted by atomic mass is 9.59. The minimum Gasteiger partial charge on any atom is -0.0833 e. The molecule has 0 saturated heterocycles. The molecule has 2 atom stereocenters. The molecule has 0 radical (unpaired) electrons. The number of hydrogen-bond acceptors (Lipinski definition) is 0. The van der Waals surface area contributed by atoms with Crippen LogP contribution in [0.25, 0.3) is 21.9 Å². The van der Waals surface area contributed by atoms with Gasteiger partial charge in [0.25, 0.3) is 0 Å². The van der Waals surface area contributed by atoms with E-state index < -0.39 is 0 Å². The fraction of sp³-hybridized carbons (Fsp3) is 0.0667. The molecule has 0 aliphatic heterocycles. The summed E-state index contributed by atoms with van der Waals surface area (Å²) in [6.45, 7) is 0. The maximum Gasteiger partial charge on any atom is 0.0526 e. The third kappa shape index (κ3) is 2.83. The smallest absolute Gasteiger partial charge is 0.0526 e. The van der Waals surface area contributed by atoms with E-state index in [1.807, 2.05) is 0 Å². The van der Waals surface area contributed by atoms with Gasteiger partial charge < -0.3 is 0 Å². The third-order valence-corrected chi connectivity index (χ3v) is 6.97. The van der Waals surface area contributed by atoms with Gasteiger partial charge in [-0.3, -0.25) is 0 Å². The molecule has 0 amide bonds. The summed E-state index contributed by atoms with van der Waals surface area (Å²) < 4.78 is 0. The van der Waals surface area contributed by atoms with E-state index in [1.165, 1.54) is 38.8 Å². The zero-order chi connectivity index (χ0) is 20.8. The van der Waals surface area contributed by atoms with Crippen LogP contribution in [0.1, 0.15) is 34.1 Å². The highest BCUT2D eigenvalue weighted by Gasteiger charge is 2.44. The maximum atomic E-state index is 7.14. The molecule has 0 saturated carbocycles. The lowest BCUT2D eigenvalue weighted by Crippen LogP contribution is -2.28. The second-order valence-corrected chi connectivity index (χ2v) is 8.58. The molecule has 0 unspecified atom stereocenters. The maximum absolute atomic E-state index is 7.14. The van der Waals surface area contributed by atoms with Crippen LogP contribution in [0.5, 0.6) is 0 Å². The first-order valence-corrected chi connectivity index (χ1v) is 11.1. The van der Waals surface area contributed by atoms with Crippen molar-refractivity contribution < 1.29 is 0 Å². The number of benzene rings is 5. The molecule has 148 valence electrons. The van der Waals surface area contributed by atoms with Crippen LogP contribution in [0.3, 0.4) is 0 Å². The van der Waals surface area contributed by atoms with Crippen LogP contribution >= 0.6 is 11.6 Å². The zero-order valence-electron chi connectivity index (χ0n) is 17.0. The van der Waals surface area contributed by atoms with Gasteiger partial charge in [0.1, 0.15) is 0 Å². The van der Waals surface area contributed by atoms with Crippen LogP contribution in [-0.2, 0) is 0 Å². The van der Waals surface area contributed by atoms with Crippen LogP contribution < -0.4 is 0 Å². The number of hydrogen-bond donors (Lipinski definition) is 0. The molecule has 0 N–H and O–H groups in total. The summed E-state index contributed by atoms with van der Waals surface area (Å²) in [5.74, 6) is 0.522. The van der Waals surface area contributed by atoms with Gasteiger partial charge >= 0.3 is 0 Å². The van der Waals surface area contributed by atoms with Gasteiger partial charge in [0.05, 0.1) is 5.02 Å². The first-order chi connectivity index (χ1) is 15.3. The Morgan fingerprint density at radius 1 is 0.452 bits per heavy atom. The Kier molecular flexibility index (Phi) is 4.40. The number of rotatable bonds is 3. The molecule has 5 aromatic carbocycles. The van der Waals surface area contributed by atoms with Crippen molar-refractivity contribution in [1.29, 1.82) is 0 Å². The van der Waals surface area contributed by atoms with E-state index in [9.17, 15) is 0 Å². The second kappa shape index (κ2) is 7.41.